The Kier molecular flexibility index (Phi) is 5.88. The summed E-state index contributed by atoms with van der Waals surface area (Å²) < 4.78 is 37.9. The second-order valence-corrected chi connectivity index (χ2v) is 6.93. The highest BCUT2D eigenvalue weighted by atomic mass is 35.5. The molecule has 2 aromatic rings. The largest absolute Gasteiger partial charge is 0.416 e. The number of piperidine rings is 1. The molecular formula is C19H17ClF3N3O2. The molecule has 0 spiro atoms. The van der Waals surface area contributed by atoms with E-state index in [0.29, 0.717) is 36.8 Å². The number of nitrogens with one attached hydrogen (secondary N) is 1. The zero-order valence-electron chi connectivity index (χ0n) is 14.7. The Morgan fingerprint density at radius 1 is 1.07 bits per heavy atom. The summed E-state index contributed by atoms with van der Waals surface area (Å²) in [5, 5.41) is 3.18. The number of likely N-dealkylation sites (tertiary alicyclic amines) is 1. The van der Waals surface area contributed by atoms with Gasteiger partial charge in [-0.25, -0.2) is 4.98 Å². The van der Waals surface area contributed by atoms with Crippen molar-refractivity contribution in [3.05, 3.63) is 58.7 Å². The SMILES string of the molecule is O=C(Nc1ccc(Cl)cn1)C1CCN(C(=O)c2ccc(C(F)(F)F)cc2)CC1. The molecule has 0 saturated carbocycles. The molecule has 5 nitrogen and oxygen atoms in total. The molecule has 9 heteroatoms. The minimum atomic E-state index is -4.44. The van der Waals surface area contributed by atoms with Crippen LogP contribution in [0.1, 0.15) is 28.8 Å². The van der Waals surface area contributed by atoms with E-state index in [4.69, 9.17) is 11.6 Å². The molecule has 1 aliphatic heterocycles. The smallest absolute Gasteiger partial charge is 0.339 e. The lowest BCUT2D eigenvalue weighted by Gasteiger charge is -2.31. The van der Waals surface area contributed by atoms with Crippen molar-refractivity contribution in [2.75, 3.05) is 18.4 Å². The fourth-order valence-electron chi connectivity index (χ4n) is 3.01. The van der Waals surface area contributed by atoms with Gasteiger partial charge in [0.25, 0.3) is 5.91 Å². The van der Waals surface area contributed by atoms with Crippen LogP contribution in [0.2, 0.25) is 5.02 Å². The Bertz CT molecular complexity index is 846. The number of nitrogens with zero attached hydrogens (tertiary/aromatic N) is 2. The first kappa shape index (κ1) is 20.1. The lowest BCUT2D eigenvalue weighted by molar-refractivity contribution is -0.137. The molecule has 1 saturated heterocycles. The maximum Gasteiger partial charge on any atom is 0.416 e. The van der Waals surface area contributed by atoms with Crippen molar-refractivity contribution < 1.29 is 22.8 Å². The normalized spacial score (nSPS) is 15.4. The van der Waals surface area contributed by atoms with Gasteiger partial charge in [-0.1, -0.05) is 11.6 Å². The number of aromatic nitrogens is 1. The van der Waals surface area contributed by atoms with Crippen LogP contribution in [0.15, 0.2) is 42.6 Å². The number of anilines is 1. The lowest BCUT2D eigenvalue weighted by Crippen LogP contribution is -2.41. The summed E-state index contributed by atoms with van der Waals surface area (Å²) >= 11 is 5.76. The molecule has 1 aliphatic rings. The number of pyridine rings is 1. The van der Waals surface area contributed by atoms with Crippen LogP contribution in [0.5, 0.6) is 0 Å². The van der Waals surface area contributed by atoms with Crippen molar-refractivity contribution in [1.82, 2.24) is 9.88 Å². The van der Waals surface area contributed by atoms with Gasteiger partial charge in [-0.3, -0.25) is 9.59 Å². The van der Waals surface area contributed by atoms with Crippen LogP contribution in [0, 0.1) is 5.92 Å². The summed E-state index contributed by atoms with van der Waals surface area (Å²) in [6, 6.07) is 7.37. The predicted octanol–water partition coefficient (Wildman–Crippen LogP) is 4.24. The summed E-state index contributed by atoms with van der Waals surface area (Å²) in [4.78, 5) is 30.4. The standard InChI is InChI=1S/C19H17ClF3N3O2/c20-15-5-6-16(24-11-15)25-17(27)12-7-9-26(10-8-12)18(28)13-1-3-14(4-2-13)19(21,22)23/h1-6,11-12H,7-10H2,(H,24,25,27). The number of amides is 2. The van der Waals surface area contributed by atoms with Gasteiger partial charge in [-0.05, 0) is 49.2 Å². The third-order valence-corrected chi connectivity index (χ3v) is 4.81. The van der Waals surface area contributed by atoms with E-state index in [1.54, 1.807) is 17.0 Å². The number of halogens is 4. The van der Waals surface area contributed by atoms with Crippen molar-refractivity contribution >= 4 is 29.2 Å². The average molecular weight is 412 g/mol. The van der Waals surface area contributed by atoms with E-state index in [2.05, 4.69) is 10.3 Å². The summed E-state index contributed by atoms with van der Waals surface area (Å²) in [6.07, 6.45) is -2.08. The number of carbonyl (C=O) groups excluding carboxylic acids is 2. The molecule has 0 bridgehead atoms. The summed E-state index contributed by atoms with van der Waals surface area (Å²) in [6.45, 7) is 0.706. The van der Waals surface area contributed by atoms with Crippen LogP contribution in [-0.4, -0.2) is 34.8 Å². The molecule has 148 valence electrons. The van der Waals surface area contributed by atoms with E-state index < -0.39 is 11.7 Å². The van der Waals surface area contributed by atoms with E-state index in [1.807, 2.05) is 0 Å². The minimum Gasteiger partial charge on any atom is -0.339 e. The molecule has 0 atom stereocenters. The molecule has 1 aromatic carbocycles. The molecule has 3 rings (SSSR count). The van der Waals surface area contributed by atoms with Gasteiger partial charge in [0.15, 0.2) is 0 Å². The van der Waals surface area contributed by atoms with Gasteiger partial charge in [-0.15, -0.1) is 0 Å². The van der Waals surface area contributed by atoms with Gasteiger partial charge in [0.2, 0.25) is 5.91 Å². The molecule has 1 aromatic heterocycles. The summed E-state index contributed by atoms with van der Waals surface area (Å²) in [5.74, 6) is -0.393. The first-order valence-corrected chi connectivity index (χ1v) is 9.01. The number of hydrogen-bond acceptors (Lipinski definition) is 3. The van der Waals surface area contributed by atoms with Gasteiger partial charge < -0.3 is 10.2 Å². The highest BCUT2D eigenvalue weighted by Gasteiger charge is 2.31. The van der Waals surface area contributed by atoms with Crippen LogP contribution >= 0.6 is 11.6 Å². The Morgan fingerprint density at radius 3 is 2.25 bits per heavy atom. The highest BCUT2D eigenvalue weighted by Crippen LogP contribution is 2.29. The van der Waals surface area contributed by atoms with Crippen LogP contribution in [0.3, 0.4) is 0 Å². The Balaban J connectivity index is 1.55. The number of rotatable bonds is 3. The van der Waals surface area contributed by atoms with Gasteiger partial charge in [0.1, 0.15) is 5.82 Å². The second-order valence-electron chi connectivity index (χ2n) is 6.49. The molecule has 28 heavy (non-hydrogen) atoms. The van der Waals surface area contributed by atoms with Crippen molar-refractivity contribution in [2.24, 2.45) is 5.92 Å². The maximum absolute atomic E-state index is 12.6. The molecule has 2 heterocycles. The van der Waals surface area contributed by atoms with E-state index in [9.17, 15) is 22.8 Å². The number of carbonyl (C=O) groups is 2. The van der Waals surface area contributed by atoms with E-state index >= 15 is 0 Å². The topological polar surface area (TPSA) is 62.3 Å². The fourth-order valence-corrected chi connectivity index (χ4v) is 3.12. The van der Waals surface area contributed by atoms with Crippen LogP contribution in [0.25, 0.3) is 0 Å². The van der Waals surface area contributed by atoms with Crippen LogP contribution in [0.4, 0.5) is 19.0 Å². The molecule has 0 aliphatic carbocycles. The van der Waals surface area contributed by atoms with E-state index in [1.165, 1.54) is 18.3 Å². The first-order valence-electron chi connectivity index (χ1n) is 8.63. The Labute approximate surface area is 164 Å². The molecule has 1 fully saturated rings. The third-order valence-electron chi connectivity index (χ3n) is 4.59. The molecule has 1 N–H and O–H groups in total. The minimum absolute atomic E-state index is 0.184. The third kappa shape index (κ3) is 4.81. The summed E-state index contributed by atoms with van der Waals surface area (Å²) in [5.41, 5.74) is -0.600. The van der Waals surface area contributed by atoms with Gasteiger partial charge >= 0.3 is 6.18 Å². The molecular weight excluding hydrogens is 395 g/mol. The first-order chi connectivity index (χ1) is 13.2. The van der Waals surface area contributed by atoms with Gasteiger partial charge in [-0.2, -0.15) is 13.2 Å². The molecule has 0 unspecified atom stereocenters. The lowest BCUT2D eigenvalue weighted by atomic mass is 9.95. The van der Waals surface area contributed by atoms with Crippen molar-refractivity contribution in [3.63, 3.8) is 0 Å². The van der Waals surface area contributed by atoms with Crippen molar-refractivity contribution in [2.45, 2.75) is 19.0 Å². The molecule has 2 amide bonds. The van der Waals surface area contributed by atoms with Gasteiger partial charge in [0, 0.05) is 30.8 Å². The Morgan fingerprint density at radius 2 is 1.71 bits per heavy atom. The van der Waals surface area contributed by atoms with Crippen molar-refractivity contribution in [3.8, 4) is 0 Å². The summed E-state index contributed by atoms with van der Waals surface area (Å²) in [7, 11) is 0. The fraction of sp³-hybridized carbons (Fsp3) is 0.316. The quantitative estimate of drug-likeness (QED) is 0.821. The van der Waals surface area contributed by atoms with Crippen LogP contribution in [-0.2, 0) is 11.0 Å². The van der Waals surface area contributed by atoms with Crippen molar-refractivity contribution in [1.29, 1.82) is 0 Å². The maximum atomic E-state index is 12.6. The highest BCUT2D eigenvalue weighted by molar-refractivity contribution is 6.30. The predicted molar refractivity (Wildman–Crippen MR) is 97.9 cm³/mol. The zero-order valence-corrected chi connectivity index (χ0v) is 15.4. The number of benzene rings is 1. The van der Waals surface area contributed by atoms with Gasteiger partial charge in [0.05, 0.1) is 10.6 Å². The number of hydrogen-bond donors (Lipinski definition) is 1. The van der Waals surface area contributed by atoms with E-state index in [0.717, 1.165) is 12.1 Å². The van der Waals surface area contributed by atoms with Crippen LogP contribution < -0.4 is 5.32 Å². The Hall–Kier alpha value is -2.61. The zero-order chi connectivity index (χ0) is 20.3. The number of alkyl halides is 3. The van der Waals surface area contributed by atoms with E-state index in [-0.39, 0.29) is 23.3 Å². The second kappa shape index (κ2) is 8.18. The average Bonchev–Trinajstić information content (AvgIpc) is 2.69. The molecule has 0 radical (unpaired) electrons. The monoisotopic (exact) mass is 411 g/mol.